The number of rotatable bonds is 1. The molecule has 0 fully saturated rings. The van der Waals surface area contributed by atoms with Gasteiger partial charge in [-0.2, -0.15) is 0 Å². The first-order chi connectivity index (χ1) is 3.83. The fourth-order valence-electron chi connectivity index (χ4n) is 0.679. The first-order valence-electron chi connectivity index (χ1n) is 2.49. The summed E-state index contributed by atoms with van der Waals surface area (Å²) in [7, 11) is 0. The Balaban J connectivity index is 2.49. The van der Waals surface area contributed by atoms with Crippen molar-refractivity contribution in [2.24, 2.45) is 4.99 Å². The second-order valence-corrected chi connectivity index (χ2v) is 1.81. The lowest BCUT2D eigenvalue weighted by atomic mass is 10.2. The predicted octanol–water partition coefficient (Wildman–Crippen LogP) is -0.609. The number of hydrogen-bond donors (Lipinski definition) is 1. The molecule has 1 heterocycles. The summed E-state index contributed by atoms with van der Waals surface area (Å²) in [6, 6.07) is 0. The molecule has 8 heavy (non-hydrogen) atoms. The summed E-state index contributed by atoms with van der Waals surface area (Å²) in [6.07, 6.45) is 0.717. The van der Waals surface area contributed by atoms with Crippen LogP contribution in [-0.4, -0.2) is 29.8 Å². The fourth-order valence-corrected chi connectivity index (χ4v) is 0.679. The molecule has 1 aliphatic rings. The number of aliphatic hydroxyl groups is 1. The van der Waals surface area contributed by atoms with Crippen molar-refractivity contribution in [2.45, 2.75) is 12.5 Å². The zero-order valence-corrected chi connectivity index (χ0v) is 4.37. The van der Waals surface area contributed by atoms with Gasteiger partial charge in [-0.25, -0.2) is 0 Å². The van der Waals surface area contributed by atoms with Crippen LogP contribution in [0, 0.1) is 0 Å². The van der Waals surface area contributed by atoms with Crippen LogP contribution in [0.15, 0.2) is 4.99 Å². The normalized spacial score (nSPS) is 27.6. The maximum Gasteiger partial charge on any atom is 0.163 e. The molecule has 44 valence electrons. The van der Waals surface area contributed by atoms with E-state index < -0.39 is 6.10 Å². The van der Waals surface area contributed by atoms with Crippen LogP contribution < -0.4 is 0 Å². The quantitative estimate of drug-likeness (QED) is 0.461. The molecule has 1 atom stereocenters. The van der Waals surface area contributed by atoms with Crippen molar-refractivity contribution >= 4 is 12.0 Å². The number of aldehydes is 1. The molecule has 1 rings (SSSR count). The van der Waals surface area contributed by atoms with Gasteiger partial charge >= 0.3 is 0 Å². The number of hydrogen-bond acceptors (Lipinski definition) is 3. The lowest BCUT2D eigenvalue weighted by Crippen LogP contribution is -2.06. The van der Waals surface area contributed by atoms with Gasteiger partial charge in [0.05, 0.1) is 18.4 Å². The van der Waals surface area contributed by atoms with E-state index in [1.165, 1.54) is 0 Å². The van der Waals surface area contributed by atoms with E-state index in [2.05, 4.69) is 4.99 Å². The van der Waals surface area contributed by atoms with Gasteiger partial charge in [-0.05, 0) is 0 Å². The van der Waals surface area contributed by atoms with Crippen molar-refractivity contribution < 1.29 is 9.90 Å². The molecule has 0 aliphatic carbocycles. The first kappa shape index (κ1) is 5.44. The van der Waals surface area contributed by atoms with E-state index in [1.807, 2.05) is 0 Å². The highest BCUT2D eigenvalue weighted by Crippen LogP contribution is 2.02. The van der Waals surface area contributed by atoms with Crippen molar-refractivity contribution in [1.82, 2.24) is 0 Å². The van der Waals surface area contributed by atoms with Crippen LogP contribution in [0.3, 0.4) is 0 Å². The summed E-state index contributed by atoms with van der Waals surface area (Å²) < 4.78 is 0. The highest BCUT2D eigenvalue weighted by molar-refractivity contribution is 6.28. The van der Waals surface area contributed by atoms with E-state index in [-0.39, 0.29) is 0 Å². The Hall–Kier alpha value is -0.700. The lowest BCUT2D eigenvalue weighted by molar-refractivity contribution is -0.102. The molecule has 0 bridgehead atoms. The molecule has 0 saturated heterocycles. The molecule has 1 aliphatic heterocycles. The monoisotopic (exact) mass is 113 g/mol. The molecule has 0 saturated carbocycles. The third-order valence-corrected chi connectivity index (χ3v) is 1.09. The Labute approximate surface area is 47.0 Å². The third-order valence-electron chi connectivity index (χ3n) is 1.09. The van der Waals surface area contributed by atoms with Crippen molar-refractivity contribution in [3.05, 3.63) is 0 Å². The van der Waals surface area contributed by atoms with Crippen LogP contribution in [0.2, 0.25) is 0 Å². The van der Waals surface area contributed by atoms with Crippen molar-refractivity contribution in [3.8, 4) is 0 Å². The minimum Gasteiger partial charge on any atom is -0.391 e. The number of nitrogens with zero attached hydrogens (tertiary/aromatic N) is 1. The topological polar surface area (TPSA) is 49.7 Å². The molecule has 1 N–H and O–H groups in total. The van der Waals surface area contributed by atoms with Crippen LogP contribution >= 0.6 is 0 Å². The minimum absolute atomic E-state index is 0.397. The van der Waals surface area contributed by atoms with Crippen molar-refractivity contribution in [1.29, 1.82) is 0 Å². The van der Waals surface area contributed by atoms with E-state index in [0.717, 1.165) is 0 Å². The van der Waals surface area contributed by atoms with Gasteiger partial charge < -0.3 is 5.11 Å². The summed E-state index contributed by atoms with van der Waals surface area (Å²) >= 11 is 0. The molecular weight excluding hydrogens is 106 g/mol. The Kier molecular flexibility index (Phi) is 1.39. The van der Waals surface area contributed by atoms with Crippen LogP contribution in [-0.2, 0) is 4.79 Å². The summed E-state index contributed by atoms with van der Waals surface area (Å²) in [6.45, 7) is 0.397. The van der Waals surface area contributed by atoms with E-state index in [1.54, 1.807) is 0 Å². The molecule has 0 aromatic carbocycles. The van der Waals surface area contributed by atoms with Crippen LogP contribution in [0.25, 0.3) is 0 Å². The Morgan fingerprint density at radius 1 is 1.88 bits per heavy atom. The van der Waals surface area contributed by atoms with Gasteiger partial charge in [-0.3, -0.25) is 9.79 Å². The summed E-state index contributed by atoms with van der Waals surface area (Å²) in [5.41, 5.74) is 0.484. The van der Waals surface area contributed by atoms with Crippen molar-refractivity contribution in [3.63, 3.8) is 0 Å². The summed E-state index contributed by atoms with van der Waals surface area (Å²) in [5.74, 6) is 0. The van der Waals surface area contributed by atoms with Crippen LogP contribution in [0.4, 0.5) is 0 Å². The second-order valence-electron chi connectivity index (χ2n) is 1.81. The number of carbonyl (C=O) groups is 1. The molecule has 0 spiro atoms. The van der Waals surface area contributed by atoms with Gasteiger partial charge in [0, 0.05) is 6.42 Å². The smallest absolute Gasteiger partial charge is 0.163 e. The van der Waals surface area contributed by atoms with E-state index >= 15 is 0 Å². The summed E-state index contributed by atoms with van der Waals surface area (Å²) in [4.78, 5) is 13.6. The molecule has 3 nitrogen and oxygen atoms in total. The zero-order valence-electron chi connectivity index (χ0n) is 4.37. The minimum atomic E-state index is -0.407. The van der Waals surface area contributed by atoms with Gasteiger partial charge in [0.2, 0.25) is 0 Å². The average molecular weight is 113 g/mol. The van der Waals surface area contributed by atoms with Crippen LogP contribution in [0.5, 0.6) is 0 Å². The first-order valence-corrected chi connectivity index (χ1v) is 2.49. The SMILES string of the molecule is O=CC1=NC[C@H](O)C1. The molecule has 3 heteroatoms. The fraction of sp³-hybridized carbons (Fsp3) is 0.600. The van der Waals surface area contributed by atoms with Crippen molar-refractivity contribution in [2.75, 3.05) is 6.54 Å². The van der Waals surface area contributed by atoms with E-state index in [4.69, 9.17) is 5.11 Å². The maximum atomic E-state index is 9.91. The second kappa shape index (κ2) is 2.05. The zero-order chi connectivity index (χ0) is 5.98. The summed E-state index contributed by atoms with van der Waals surface area (Å²) in [5, 5.41) is 8.76. The van der Waals surface area contributed by atoms with Gasteiger partial charge in [0.15, 0.2) is 6.29 Å². The largest absolute Gasteiger partial charge is 0.391 e. The standard InChI is InChI=1S/C5H7NO2/c7-3-4-1-5(8)2-6-4/h3,5,8H,1-2H2/t5-/m1/s1. The highest BCUT2D eigenvalue weighted by Gasteiger charge is 2.13. The molecule has 0 amide bonds. The molecule has 0 aromatic heterocycles. The number of carbonyl (C=O) groups excluding carboxylic acids is 1. The highest BCUT2D eigenvalue weighted by atomic mass is 16.3. The Bertz CT molecular complexity index is 130. The third kappa shape index (κ3) is 0.924. The average Bonchev–Trinajstić information content (AvgIpc) is 2.14. The van der Waals surface area contributed by atoms with Gasteiger partial charge in [-0.1, -0.05) is 0 Å². The molecule has 0 radical (unpaired) electrons. The molecular formula is C5H7NO2. The number of aliphatic imine (C=N–C) groups is 1. The predicted molar refractivity (Wildman–Crippen MR) is 29.0 cm³/mol. The molecule has 0 aromatic rings. The van der Waals surface area contributed by atoms with Gasteiger partial charge in [0.1, 0.15) is 0 Å². The Morgan fingerprint density at radius 3 is 2.88 bits per heavy atom. The van der Waals surface area contributed by atoms with E-state index in [9.17, 15) is 4.79 Å². The maximum absolute atomic E-state index is 9.91. The number of aliphatic hydroxyl groups excluding tert-OH is 1. The van der Waals surface area contributed by atoms with Crippen LogP contribution in [0.1, 0.15) is 6.42 Å². The molecule has 0 unspecified atom stereocenters. The lowest BCUT2D eigenvalue weighted by Gasteiger charge is -1.91. The van der Waals surface area contributed by atoms with Gasteiger partial charge in [-0.15, -0.1) is 0 Å². The Morgan fingerprint density at radius 2 is 2.62 bits per heavy atom. The van der Waals surface area contributed by atoms with E-state index in [0.29, 0.717) is 25.0 Å². The van der Waals surface area contributed by atoms with Gasteiger partial charge in [0.25, 0.3) is 0 Å².